The summed E-state index contributed by atoms with van der Waals surface area (Å²) in [7, 11) is 0. The number of nitrogens with zero attached hydrogens (tertiary/aromatic N) is 2. The Morgan fingerprint density at radius 2 is 1.76 bits per heavy atom. The van der Waals surface area contributed by atoms with Crippen LogP contribution in [0.1, 0.15) is 16.9 Å². The fourth-order valence-electron chi connectivity index (χ4n) is 2.31. The number of hydrogen-bond acceptors (Lipinski definition) is 4. The zero-order chi connectivity index (χ0) is 17.6. The number of hydrogen-bond donors (Lipinski definition) is 2. The van der Waals surface area contributed by atoms with Crippen LogP contribution in [0.4, 0.5) is 0 Å². The van der Waals surface area contributed by atoms with Gasteiger partial charge in [0, 0.05) is 30.6 Å². The van der Waals surface area contributed by atoms with Crippen molar-refractivity contribution in [3.63, 3.8) is 0 Å². The first-order chi connectivity index (χ1) is 12.1. The molecule has 126 valence electrons. The maximum absolute atomic E-state index is 12.1. The summed E-state index contributed by atoms with van der Waals surface area (Å²) in [5, 5.41) is 0.927. The molecule has 3 aromatic rings. The molecule has 0 bridgehead atoms. The number of para-hydroxylation sites is 1. The fraction of sp³-hybridized carbons (Fsp3) is 0.111. The summed E-state index contributed by atoms with van der Waals surface area (Å²) in [5.74, 6) is -0.902. The zero-order valence-electron chi connectivity index (χ0n) is 13.3. The summed E-state index contributed by atoms with van der Waals surface area (Å²) in [6.45, 7) is 0.232. The Morgan fingerprint density at radius 1 is 0.960 bits per heavy atom. The van der Waals surface area contributed by atoms with Crippen LogP contribution in [0.25, 0.3) is 10.9 Å². The molecule has 0 unspecified atom stereocenters. The van der Waals surface area contributed by atoms with E-state index in [1.54, 1.807) is 30.5 Å². The van der Waals surface area contributed by atoms with Gasteiger partial charge in [-0.3, -0.25) is 25.2 Å². The maximum Gasteiger partial charge on any atom is 0.288 e. The smallest absolute Gasteiger partial charge is 0.288 e. The molecule has 2 aromatic heterocycles. The summed E-state index contributed by atoms with van der Waals surface area (Å²) >= 11 is 0. The van der Waals surface area contributed by atoms with Gasteiger partial charge in [-0.15, -0.1) is 0 Å². The van der Waals surface area contributed by atoms with Crippen LogP contribution in [0, 0.1) is 0 Å². The second-order valence-corrected chi connectivity index (χ2v) is 5.37. The van der Waals surface area contributed by atoms with E-state index in [0.717, 1.165) is 5.39 Å². The Balaban J connectivity index is 1.55. The molecule has 3 rings (SSSR count). The van der Waals surface area contributed by atoms with Crippen molar-refractivity contribution in [2.45, 2.75) is 13.0 Å². The first kappa shape index (κ1) is 16.4. The van der Waals surface area contributed by atoms with Crippen LogP contribution in [-0.4, -0.2) is 21.4 Å². The van der Waals surface area contributed by atoms with Crippen LogP contribution >= 0.6 is 0 Å². The van der Waals surface area contributed by atoms with Crippen molar-refractivity contribution in [2.75, 3.05) is 0 Å². The number of nitrogens with one attached hydrogen (secondary N) is 2. The number of hydrazine groups is 1. The Labute approximate surface area is 143 Å². The van der Waals surface area contributed by atoms with Gasteiger partial charge in [0.15, 0.2) is 0 Å². The monoisotopic (exact) mass is 336 g/mol. The highest BCUT2D eigenvalue weighted by Crippen LogP contribution is 2.11. The largest absolute Gasteiger partial charge is 0.315 e. The second kappa shape index (κ2) is 7.39. The Bertz CT molecular complexity index is 981. The van der Waals surface area contributed by atoms with E-state index in [9.17, 15) is 14.4 Å². The van der Waals surface area contributed by atoms with Crippen molar-refractivity contribution in [3.8, 4) is 0 Å². The van der Waals surface area contributed by atoms with Crippen LogP contribution in [0.5, 0.6) is 0 Å². The SMILES string of the molecule is O=C(CCn1ccccc1=O)NNC(=O)c1ccc2ccccc2n1. The topological polar surface area (TPSA) is 93.1 Å². The summed E-state index contributed by atoms with van der Waals surface area (Å²) < 4.78 is 1.42. The quantitative estimate of drug-likeness (QED) is 0.701. The molecule has 2 heterocycles. The van der Waals surface area contributed by atoms with E-state index in [0.29, 0.717) is 5.52 Å². The van der Waals surface area contributed by atoms with Gasteiger partial charge in [-0.05, 0) is 18.2 Å². The number of fused-ring (bicyclic) bond motifs is 1. The highest BCUT2D eigenvalue weighted by Gasteiger charge is 2.09. The third kappa shape index (κ3) is 4.08. The fourth-order valence-corrected chi connectivity index (χ4v) is 2.31. The van der Waals surface area contributed by atoms with Gasteiger partial charge in [0.2, 0.25) is 5.91 Å². The van der Waals surface area contributed by atoms with Gasteiger partial charge in [-0.2, -0.15) is 0 Å². The van der Waals surface area contributed by atoms with Crippen LogP contribution in [-0.2, 0) is 11.3 Å². The molecule has 2 N–H and O–H groups in total. The standard InChI is InChI=1S/C18H16N4O3/c23-16(10-12-22-11-4-3-7-17(22)24)20-21-18(25)15-9-8-13-5-1-2-6-14(13)19-15/h1-9,11H,10,12H2,(H,20,23)(H,21,25). The van der Waals surface area contributed by atoms with Gasteiger partial charge in [0.1, 0.15) is 5.69 Å². The highest BCUT2D eigenvalue weighted by atomic mass is 16.2. The van der Waals surface area contributed by atoms with Crippen LogP contribution in [0.2, 0.25) is 0 Å². The lowest BCUT2D eigenvalue weighted by Crippen LogP contribution is -2.42. The molecular formula is C18H16N4O3. The molecule has 0 saturated heterocycles. The summed E-state index contributed by atoms with van der Waals surface area (Å²) in [6.07, 6.45) is 1.67. The number of aromatic nitrogens is 2. The average Bonchev–Trinajstić information content (AvgIpc) is 2.65. The summed E-state index contributed by atoms with van der Waals surface area (Å²) in [4.78, 5) is 39.7. The zero-order valence-corrected chi connectivity index (χ0v) is 13.3. The van der Waals surface area contributed by atoms with Crippen molar-refractivity contribution in [1.29, 1.82) is 0 Å². The van der Waals surface area contributed by atoms with E-state index in [2.05, 4.69) is 15.8 Å². The van der Waals surface area contributed by atoms with Crippen molar-refractivity contribution in [3.05, 3.63) is 76.8 Å². The third-order valence-electron chi connectivity index (χ3n) is 3.63. The predicted octanol–water partition coefficient (Wildman–Crippen LogP) is 1.25. The third-order valence-corrected chi connectivity index (χ3v) is 3.63. The second-order valence-electron chi connectivity index (χ2n) is 5.37. The van der Waals surface area contributed by atoms with Gasteiger partial charge in [0.05, 0.1) is 5.52 Å². The average molecular weight is 336 g/mol. The minimum atomic E-state index is -0.504. The Kier molecular flexibility index (Phi) is 4.84. The molecule has 0 fully saturated rings. The van der Waals surface area contributed by atoms with Crippen LogP contribution in [0.3, 0.4) is 0 Å². The lowest BCUT2D eigenvalue weighted by Gasteiger charge is -2.08. The minimum Gasteiger partial charge on any atom is -0.315 e. The van der Waals surface area contributed by atoms with Gasteiger partial charge in [0.25, 0.3) is 11.5 Å². The predicted molar refractivity (Wildman–Crippen MR) is 92.7 cm³/mol. The van der Waals surface area contributed by atoms with E-state index < -0.39 is 11.8 Å². The molecule has 0 aliphatic carbocycles. The summed E-state index contributed by atoms with van der Waals surface area (Å²) in [5.41, 5.74) is 5.38. The van der Waals surface area contributed by atoms with Gasteiger partial charge >= 0.3 is 0 Å². The van der Waals surface area contributed by atoms with Gasteiger partial charge < -0.3 is 4.57 Å². The van der Waals surface area contributed by atoms with E-state index in [4.69, 9.17) is 0 Å². The van der Waals surface area contributed by atoms with E-state index in [-0.39, 0.29) is 24.2 Å². The van der Waals surface area contributed by atoms with E-state index >= 15 is 0 Å². The number of carbonyl (C=O) groups is 2. The van der Waals surface area contributed by atoms with E-state index in [1.807, 2.05) is 24.3 Å². The molecule has 7 nitrogen and oxygen atoms in total. The molecule has 0 aliphatic rings. The molecule has 0 saturated carbocycles. The normalized spacial score (nSPS) is 10.4. The number of amides is 2. The van der Waals surface area contributed by atoms with Crippen molar-refractivity contribution in [2.24, 2.45) is 0 Å². The first-order valence-electron chi connectivity index (χ1n) is 7.74. The van der Waals surface area contributed by atoms with Gasteiger partial charge in [-0.1, -0.05) is 30.3 Å². The Hall–Kier alpha value is -3.48. The molecule has 25 heavy (non-hydrogen) atoms. The summed E-state index contributed by atoms with van der Waals surface area (Å²) in [6, 6.07) is 15.6. The molecule has 0 spiro atoms. The van der Waals surface area contributed by atoms with Crippen molar-refractivity contribution < 1.29 is 9.59 Å². The van der Waals surface area contributed by atoms with Crippen LogP contribution in [0.15, 0.2) is 65.6 Å². The molecule has 0 aliphatic heterocycles. The number of benzene rings is 1. The molecule has 1 aromatic carbocycles. The first-order valence-corrected chi connectivity index (χ1v) is 7.74. The lowest BCUT2D eigenvalue weighted by atomic mass is 10.2. The van der Waals surface area contributed by atoms with Crippen LogP contribution < -0.4 is 16.4 Å². The minimum absolute atomic E-state index is 0.0648. The number of rotatable bonds is 4. The maximum atomic E-state index is 12.1. The molecule has 0 atom stereocenters. The molecular weight excluding hydrogens is 320 g/mol. The van der Waals surface area contributed by atoms with E-state index in [1.165, 1.54) is 10.6 Å². The molecule has 0 radical (unpaired) electrons. The van der Waals surface area contributed by atoms with Crippen molar-refractivity contribution in [1.82, 2.24) is 20.4 Å². The number of aryl methyl sites for hydroxylation is 1. The molecule has 7 heteroatoms. The lowest BCUT2D eigenvalue weighted by molar-refractivity contribution is -0.122. The Morgan fingerprint density at radius 3 is 2.60 bits per heavy atom. The van der Waals surface area contributed by atoms with Crippen molar-refractivity contribution >= 4 is 22.7 Å². The number of pyridine rings is 2. The molecule has 2 amide bonds. The number of carbonyl (C=O) groups excluding carboxylic acids is 2. The van der Waals surface area contributed by atoms with Gasteiger partial charge in [-0.25, -0.2) is 4.98 Å². The highest BCUT2D eigenvalue weighted by molar-refractivity contribution is 5.95.